The highest BCUT2D eigenvalue weighted by atomic mass is 16.6. The van der Waals surface area contributed by atoms with Gasteiger partial charge in [0.25, 0.3) is 0 Å². The third kappa shape index (κ3) is 5.43. The number of alkyl carbamates (subject to hydrolysis) is 1. The molecule has 4 heteroatoms. The number of benzene rings is 1. The molecule has 0 aliphatic heterocycles. The third-order valence-electron chi connectivity index (χ3n) is 2.74. The zero-order valence-electron chi connectivity index (χ0n) is 12.8. The van der Waals surface area contributed by atoms with Gasteiger partial charge in [0.2, 0.25) is 0 Å². The Labute approximate surface area is 120 Å². The second kappa shape index (κ2) is 6.07. The highest BCUT2D eigenvalue weighted by Crippen LogP contribution is 2.14. The summed E-state index contributed by atoms with van der Waals surface area (Å²) >= 11 is 0. The van der Waals surface area contributed by atoms with Crippen molar-refractivity contribution in [1.82, 2.24) is 5.32 Å². The molecule has 0 aliphatic carbocycles. The van der Waals surface area contributed by atoms with Gasteiger partial charge in [-0.05, 0) is 40.2 Å². The maximum Gasteiger partial charge on any atom is 0.408 e. The lowest BCUT2D eigenvalue weighted by Crippen LogP contribution is -2.50. The topological polar surface area (TPSA) is 55.4 Å². The summed E-state index contributed by atoms with van der Waals surface area (Å²) < 4.78 is 5.18. The Morgan fingerprint density at radius 1 is 1.20 bits per heavy atom. The molecule has 1 amide bonds. The van der Waals surface area contributed by atoms with Gasteiger partial charge in [-0.1, -0.05) is 29.8 Å². The number of carbonyl (C=O) groups excluding carboxylic acids is 2. The first-order valence-electron chi connectivity index (χ1n) is 6.67. The first-order valence-corrected chi connectivity index (χ1v) is 6.67. The molecule has 1 rings (SSSR count). The molecular formula is C16H23NO3. The van der Waals surface area contributed by atoms with Gasteiger partial charge < -0.3 is 14.8 Å². The van der Waals surface area contributed by atoms with Crippen LogP contribution in [0.3, 0.4) is 0 Å². The SMILES string of the molecule is Cc1ccc(CC(C)(C=O)NC(=O)OC(C)(C)C)cc1. The van der Waals surface area contributed by atoms with Crippen molar-refractivity contribution < 1.29 is 14.3 Å². The van der Waals surface area contributed by atoms with Crippen LogP contribution in [0.25, 0.3) is 0 Å². The van der Waals surface area contributed by atoms with Crippen molar-refractivity contribution in [2.24, 2.45) is 0 Å². The van der Waals surface area contributed by atoms with E-state index in [2.05, 4.69) is 5.32 Å². The Balaban J connectivity index is 2.74. The third-order valence-corrected chi connectivity index (χ3v) is 2.74. The first kappa shape index (κ1) is 16.2. The molecule has 0 aromatic heterocycles. The van der Waals surface area contributed by atoms with E-state index in [1.54, 1.807) is 27.7 Å². The van der Waals surface area contributed by atoms with Crippen LogP contribution in [0.4, 0.5) is 4.79 Å². The van der Waals surface area contributed by atoms with Crippen LogP contribution in [0, 0.1) is 6.92 Å². The van der Waals surface area contributed by atoms with E-state index in [4.69, 9.17) is 4.74 Å². The summed E-state index contributed by atoms with van der Waals surface area (Å²) in [5, 5.41) is 2.63. The van der Waals surface area contributed by atoms with Crippen LogP contribution in [0.15, 0.2) is 24.3 Å². The molecule has 1 aromatic rings. The van der Waals surface area contributed by atoms with E-state index in [0.29, 0.717) is 6.42 Å². The molecule has 0 heterocycles. The molecule has 0 saturated carbocycles. The molecule has 0 aliphatic rings. The van der Waals surface area contributed by atoms with Crippen molar-refractivity contribution in [3.05, 3.63) is 35.4 Å². The van der Waals surface area contributed by atoms with Gasteiger partial charge in [0.15, 0.2) is 0 Å². The van der Waals surface area contributed by atoms with Gasteiger partial charge in [-0.3, -0.25) is 0 Å². The molecule has 4 nitrogen and oxygen atoms in total. The molecule has 0 bridgehead atoms. The number of nitrogens with one attached hydrogen (secondary N) is 1. The number of amides is 1. The van der Waals surface area contributed by atoms with Gasteiger partial charge in [0.05, 0.1) is 5.54 Å². The maximum atomic E-state index is 11.8. The summed E-state index contributed by atoms with van der Waals surface area (Å²) in [6, 6.07) is 7.86. The Kier molecular flexibility index (Phi) is 4.93. The standard InChI is InChI=1S/C16H23NO3/c1-12-6-8-13(9-7-12)10-16(5,11-18)17-14(19)20-15(2,3)4/h6-9,11H,10H2,1-5H3,(H,17,19). The second-order valence-corrected chi connectivity index (χ2v) is 6.32. The smallest absolute Gasteiger partial charge is 0.408 e. The second-order valence-electron chi connectivity index (χ2n) is 6.32. The van der Waals surface area contributed by atoms with E-state index in [1.165, 1.54) is 0 Å². The van der Waals surface area contributed by atoms with Crippen LogP contribution in [-0.4, -0.2) is 23.5 Å². The lowest BCUT2D eigenvalue weighted by Gasteiger charge is -2.27. The van der Waals surface area contributed by atoms with Gasteiger partial charge in [0, 0.05) is 6.42 Å². The summed E-state index contributed by atoms with van der Waals surface area (Å²) in [6.07, 6.45) is 0.589. The van der Waals surface area contributed by atoms with Crippen LogP contribution in [-0.2, 0) is 16.0 Å². The molecule has 1 N–H and O–H groups in total. The van der Waals surface area contributed by atoms with E-state index in [9.17, 15) is 9.59 Å². The van der Waals surface area contributed by atoms with Crippen molar-refractivity contribution in [3.63, 3.8) is 0 Å². The minimum absolute atomic E-state index is 0.427. The summed E-state index contributed by atoms with van der Waals surface area (Å²) in [7, 11) is 0. The zero-order valence-corrected chi connectivity index (χ0v) is 12.8. The van der Waals surface area contributed by atoms with Crippen LogP contribution in [0.5, 0.6) is 0 Å². The Bertz CT molecular complexity index is 473. The van der Waals surface area contributed by atoms with Crippen molar-refractivity contribution in [1.29, 1.82) is 0 Å². The summed E-state index contributed by atoms with van der Waals surface area (Å²) in [5.74, 6) is 0. The average Bonchev–Trinajstić information content (AvgIpc) is 2.29. The zero-order chi connectivity index (χ0) is 15.4. The van der Waals surface area contributed by atoms with Crippen molar-refractivity contribution in [3.8, 4) is 0 Å². The lowest BCUT2D eigenvalue weighted by atomic mass is 9.94. The molecule has 1 unspecified atom stereocenters. The van der Waals surface area contributed by atoms with E-state index < -0.39 is 17.2 Å². The minimum Gasteiger partial charge on any atom is -0.444 e. The minimum atomic E-state index is -0.975. The van der Waals surface area contributed by atoms with E-state index in [0.717, 1.165) is 17.4 Å². The van der Waals surface area contributed by atoms with Crippen LogP contribution >= 0.6 is 0 Å². The van der Waals surface area contributed by atoms with Gasteiger partial charge in [-0.2, -0.15) is 0 Å². The van der Waals surface area contributed by atoms with Gasteiger partial charge in [-0.15, -0.1) is 0 Å². The Hall–Kier alpha value is -1.84. The highest BCUT2D eigenvalue weighted by Gasteiger charge is 2.28. The fourth-order valence-corrected chi connectivity index (χ4v) is 1.78. The summed E-state index contributed by atoms with van der Waals surface area (Å²) in [5.41, 5.74) is 0.581. The van der Waals surface area contributed by atoms with Crippen LogP contribution < -0.4 is 5.32 Å². The molecule has 1 aromatic carbocycles. The average molecular weight is 277 g/mol. The van der Waals surface area contributed by atoms with Crippen LogP contribution in [0.1, 0.15) is 38.8 Å². The van der Waals surface area contributed by atoms with Crippen molar-refractivity contribution >= 4 is 12.4 Å². The molecule has 110 valence electrons. The van der Waals surface area contributed by atoms with E-state index >= 15 is 0 Å². The number of hydrogen-bond donors (Lipinski definition) is 1. The summed E-state index contributed by atoms with van der Waals surface area (Å²) in [6.45, 7) is 9.03. The number of aldehydes is 1. The normalized spacial score (nSPS) is 14.2. The number of hydrogen-bond acceptors (Lipinski definition) is 3. The first-order chi connectivity index (χ1) is 9.13. The molecule has 1 atom stereocenters. The molecule has 0 radical (unpaired) electrons. The van der Waals surface area contributed by atoms with E-state index in [1.807, 2.05) is 31.2 Å². The fourth-order valence-electron chi connectivity index (χ4n) is 1.78. The number of rotatable bonds is 4. The lowest BCUT2D eigenvalue weighted by molar-refractivity contribution is -0.112. The van der Waals surface area contributed by atoms with Gasteiger partial charge in [0.1, 0.15) is 11.9 Å². The fraction of sp³-hybridized carbons (Fsp3) is 0.500. The van der Waals surface area contributed by atoms with Gasteiger partial charge in [-0.25, -0.2) is 4.79 Å². The molecule has 20 heavy (non-hydrogen) atoms. The predicted octanol–water partition coefficient (Wildman–Crippen LogP) is 3.02. The summed E-state index contributed by atoms with van der Waals surface area (Å²) in [4.78, 5) is 23.1. The number of carbonyl (C=O) groups is 2. The van der Waals surface area contributed by atoms with Gasteiger partial charge >= 0.3 is 6.09 Å². The molecular weight excluding hydrogens is 254 g/mol. The monoisotopic (exact) mass is 277 g/mol. The largest absolute Gasteiger partial charge is 0.444 e. The maximum absolute atomic E-state index is 11.8. The molecule has 0 fully saturated rings. The predicted molar refractivity (Wildman–Crippen MR) is 78.7 cm³/mol. The number of aryl methyl sites for hydroxylation is 1. The van der Waals surface area contributed by atoms with Crippen molar-refractivity contribution in [2.45, 2.75) is 52.2 Å². The van der Waals surface area contributed by atoms with E-state index in [-0.39, 0.29) is 0 Å². The highest BCUT2D eigenvalue weighted by molar-refractivity contribution is 5.76. The number of ether oxygens (including phenoxy) is 1. The Morgan fingerprint density at radius 2 is 1.75 bits per heavy atom. The quantitative estimate of drug-likeness (QED) is 0.861. The molecule has 0 spiro atoms. The molecule has 0 saturated heterocycles. The van der Waals surface area contributed by atoms with Crippen LogP contribution in [0.2, 0.25) is 0 Å². The Morgan fingerprint density at radius 3 is 2.20 bits per heavy atom. The van der Waals surface area contributed by atoms with Crippen molar-refractivity contribution in [2.75, 3.05) is 0 Å².